The van der Waals surface area contributed by atoms with Crippen LogP contribution < -0.4 is 4.74 Å². The molecule has 0 saturated heterocycles. The first-order chi connectivity index (χ1) is 7.84. The molecule has 0 spiro atoms. The Hall–Kier alpha value is -1.57. The molecule has 0 bridgehead atoms. The molecule has 0 saturated carbocycles. The van der Waals surface area contributed by atoms with E-state index in [0.29, 0.717) is 0 Å². The van der Waals surface area contributed by atoms with Gasteiger partial charge in [-0.05, 0) is 36.3 Å². The van der Waals surface area contributed by atoms with Crippen LogP contribution in [0.15, 0.2) is 24.3 Å². The molecule has 2 nitrogen and oxygen atoms in total. The summed E-state index contributed by atoms with van der Waals surface area (Å²) in [5.41, 5.74) is 1.81. The first kappa shape index (κ1) is 13.5. The zero-order valence-corrected chi connectivity index (χ0v) is 11.2. The van der Waals surface area contributed by atoms with Crippen molar-refractivity contribution < 1.29 is 9.53 Å². The maximum atomic E-state index is 11.8. The zero-order chi connectivity index (χ0) is 13.1. The van der Waals surface area contributed by atoms with E-state index < -0.39 is 0 Å². The fourth-order valence-corrected chi connectivity index (χ4v) is 1.34. The number of ether oxygens (including phenoxy) is 1. The summed E-state index contributed by atoms with van der Waals surface area (Å²) in [7, 11) is 1.64. The van der Waals surface area contributed by atoms with Gasteiger partial charge >= 0.3 is 0 Å². The van der Waals surface area contributed by atoms with E-state index in [-0.39, 0.29) is 11.2 Å². The Balaban J connectivity index is 2.95. The molecule has 17 heavy (non-hydrogen) atoms. The molecular weight excluding hydrogens is 212 g/mol. The molecule has 0 N–H and O–H groups in total. The molecule has 0 fully saturated rings. The van der Waals surface area contributed by atoms with Gasteiger partial charge in [-0.2, -0.15) is 0 Å². The monoisotopic (exact) mass is 232 g/mol. The number of hydrogen-bond acceptors (Lipinski definition) is 2. The molecule has 0 aliphatic carbocycles. The first-order valence-electron chi connectivity index (χ1n) is 5.72. The lowest BCUT2D eigenvalue weighted by atomic mass is 9.90. The van der Waals surface area contributed by atoms with Crippen LogP contribution in [0.3, 0.4) is 0 Å². The van der Waals surface area contributed by atoms with Gasteiger partial charge in [-0.1, -0.05) is 32.9 Å². The van der Waals surface area contributed by atoms with Crippen molar-refractivity contribution in [1.82, 2.24) is 0 Å². The molecule has 1 aromatic carbocycles. The van der Waals surface area contributed by atoms with Gasteiger partial charge in [0.15, 0.2) is 5.78 Å². The number of ketones is 1. The van der Waals surface area contributed by atoms with E-state index in [4.69, 9.17) is 4.74 Å². The van der Waals surface area contributed by atoms with Crippen LogP contribution in [0.2, 0.25) is 0 Å². The second kappa shape index (κ2) is 5.17. The van der Waals surface area contributed by atoms with Gasteiger partial charge in [0.25, 0.3) is 0 Å². The van der Waals surface area contributed by atoms with E-state index in [1.165, 1.54) is 0 Å². The summed E-state index contributed by atoms with van der Waals surface area (Å²) in [5, 5.41) is 0. The maximum Gasteiger partial charge on any atom is 0.161 e. The minimum absolute atomic E-state index is 0.125. The quantitative estimate of drug-likeness (QED) is 0.744. The van der Waals surface area contributed by atoms with Gasteiger partial charge in [0.2, 0.25) is 0 Å². The molecule has 0 aliphatic heterocycles. The van der Waals surface area contributed by atoms with E-state index in [1.807, 2.05) is 52.0 Å². The van der Waals surface area contributed by atoms with Crippen molar-refractivity contribution in [3.05, 3.63) is 35.4 Å². The average molecular weight is 232 g/mol. The van der Waals surface area contributed by atoms with Crippen LogP contribution in [-0.2, 0) is 4.79 Å². The minimum Gasteiger partial charge on any atom is -0.497 e. The van der Waals surface area contributed by atoms with E-state index in [9.17, 15) is 4.79 Å². The fraction of sp³-hybridized carbons (Fsp3) is 0.400. The fourth-order valence-electron chi connectivity index (χ4n) is 1.34. The van der Waals surface area contributed by atoms with E-state index in [0.717, 1.165) is 16.9 Å². The third-order valence-corrected chi connectivity index (χ3v) is 2.64. The molecule has 1 rings (SSSR count). The summed E-state index contributed by atoms with van der Waals surface area (Å²) < 4.78 is 5.17. The van der Waals surface area contributed by atoms with Gasteiger partial charge in [-0.15, -0.1) is 0 Å². The number of hydrogen-bond donors (Lipinski definition) is 0. The van der Waals surface area contributed by atoms with Crippen LogP contribution in [0.25, 0.3) is 6.08 Å². The highest BCUT2D eigenvalue weighted by molar-refractivity contribution is 5.97. The predicted molar refractivity (Wildman–Crippen MR) is 71.2 cm³/mol. The summed E-state index contributed by atoms with van der Waals surface area (Å²) >= 11 is 0. The molecule has 0 unspecified atom stereocenters. The normalized spacial score (nSPS) is 11.8. The van der Waals surface area contributed by atoms with Crippen LogP contribution in [0.5, 0.6) is 5.75 Å². The Morgan fingerprint density at radius 3 is 2.47 bits per heavy atom. The molecule has 0 aromatic heterocycles. The van der Waals surface area contributed by atoms with Crippen LogP contribution in [0.4, 0.5) is 0 Å². The molecule has 0 heterocycles. The molecule has 0 amide bonds. The topological polar surface area (TPSA) is 26.3 Å². The largest absolute Gasteiger partial charge is 0.497 e. The Kier molecular flexibility index (Phi) is 4.11. The van der Waals surface area contributed by atoms with Crippen molar-refractivity contribution in [3.8, 4) is 5.75 Å². The standard InChI is InChI=1S/C15H20O2/c1-11-6-8-13(17-5)10-12(11)7-9-14(16)15(2,3)4/h6-10H,1-5H3/b9-7+. The highest BCUT2D eigenvalue weighted by atomic mass is 16.5. The molecule has 0 aliphatic rings. The Labute approximate surface area is 103 Å². The van der Waals surface area contributed by atoms with Gasteiger partial charge in [-0.3, -0.25) is 4.79 Å². The van der Waals surface area contributed by atoms with Gasteiger partial charge in [0.05, 0.1) is 7.11 Å². The van der Waals surface area contributed by atoms with Gasteiger partial charge in [-0.25, -0.2) is 0 Å². The molecule has 1 aromatic rings. The molecule has 0 radical (unpaired) electrons. The number of aryl methyl sites for hydroxylation is 1. The van der Waals surface area contributed by atoms with Gasteiger partial charge in [0.1, 0.15) is 5.75 Å². The van der Waals surface area contributed by atoms with Crippen LogP contribution in [-0.4, -0.2) is 12.9 Å². The SMILES string of the molecule is COc1ccc(C)c(/C=C/C(=O)C(C)(C)C)c1. The second-order valence-electron chi connectivity index (χ2n) is 5.17. The van der Waals surface area contributed by atoms with Crippen molar-refractivity contribution in [2.24, 2.45) is 5.41 Å². The van der Waals surface area contributed by atoms with E-state index >= 15 is 0 Å². The number of rotatable bonds is 3. The van der Waals surface area contributed by atoms with Crippen molar-refractivity contribution in [2.75, 3.05) is 7.11 Å². The number of methoxy groups -OCH3 is 1. The Morgan fingerprint density at radius 1 is 1.29 bits per heavy atom. The predicted octanol–water partition coefficient (Wildman–Crippen LogP) is 3.63. The lowest BCUT2D eigenvalue weighted by Crippen LogP contribution is -2.17. The van der Waals surface area contributed by atoms with Crippen molar-refractivity contribution in [1.29, 1.82) is 0 Å². The zero-order valence-electron chi connectivity index (χ0n) is 11.2. The summed E-state index contributed by atoms with van der Waals surface area (Å²) in [4.78, 5) is 11.8. The van der Waals surface area contributed by atoms with E-state index in [2.05, 4.69) is 0 Å². The van der Waals surface area contributed by atoms with Gasteiger partial charge in [0, 0.05) is 5.41 Å². The van der Waals surface area contributed by atoms with E-state index in [1.54, 1.807) is 13.2 Å². The first-order valence-corrected chi connectivity index (χ1v) is 5.72. The lowest BCUT2D eigenvalue weighted by Gasteiger charge is -2.13. The Morgan fingerprint density at radius 2 is 1.94 bits per heavy atom. The van der Waals surface area contributed by atoms with Gasteiger partial charge < -0.3 is 4.74 Å². The number of benzene rings is 1. The summed E-state index contributed by atoms with van der Waals surface area (Å²) in [6.45, 7) is 7.76. The second-order valence-corrected chi connectivity index (χ2v) is 5.17. The average Bonchev–Trinajstić information content (AvgIpc) is 2.26. The highest BCUT2D eigenvalue weighted by Gasteiger charge is 2.17. The minimum atomic E-state index is -0.330. The molecular formula is C15H20O2. The summed E-state index contributed by atoms with van der Waals surface area (Å²) in [6, 6.07) is 5.83. The summed E-state index contributed by atoms with van der Waals surface area (Å²) in [6.07, 6.45) is 3.49. The third-order valence-electron chi connectivity index (χ3n) is 2.64. The molecule has 2 heteroatoms. The third kappa shape index (κ3) is 3.74. The molecule has 92 valence electrons. The number of carbonyl (C=O) groups excluding carboxylic acids is 1. The highest BCUT2D eigenvalue weighted by Crippen LogP contribution is 2.20. The summed E-state index contributed by atoms with van der Waals surface area (Å²) in [5.74, 6) is 0.929. The van der Waals surface area contributed by atoms with Crippen LogP contribution in [0.1, 0.15) is 31.9 Å². The van der Waals surface area contributed by atoms with Crippen molar-refractivity contribution in [3.63, 3.8) is 0 Å². The molecule has 0 atom stereocenters. The maximum absolute atomic E-state index is 11.8. The Bertz CT molecular complexity index is 437. The van der Waals surface area contributed by atoms with Crippen LogP contribution >= 0.6 is 0 Å². The van der Waals surface area contributed by atoms with Crippen molar-refractivity contribution in [2.45, 2.75) is 27.7 Å². The lowest BCUT2D eigenvalue weighted by molar-refractivity contribution is -0.121. The van der Waals surface area contributed by atoms with Crippen LogP contribution in [0, 0.1) is 12.3 Å². The van der Waals surface area contributed by atoms with Crippen molar-refractivity contribution >= 4 is 11.9 Å². The smallest absolute Gasteiger partial charge is 0.161 e. The number of allylic oxidation sites excluding steroid dienone is 1. The number of carbonyl (C=O) groups is 1.